The van der Waals surface area contributed by atoms with Gasteiger partial charge in [0.25, 0.3) is 0 Å². The molecule has 0 unspecified atom stereocenters. The van der Waals surface area contributed by atoms with Crippen molar-refractivity contribution in [2.45, 2.75) is 13.1 Å². The zero-order chi connectivity index (χ0) is 12.3. The van der Waals surface area contributed by atoms with Gasteiger partial charge in [0, 0.05) is 31.5 Å². The Hall–Kier alpha value is -2.31. The highest BCUT2D eigenvalue weighted by Gasteiger charge is 2.10. The van der Waals surface area contributed by atoms with Crippen molar-refractivity contribution in [3.05, 3.63) is 30.2 Å². The number of likely N-dealkylation sites (N-methyl/N-ethyl adjacent to an activating group) is 1. The first-order valence-electron chi connectivity index (χ1n) is 5.15. The third kappa shape index (κ3) is 2.83. The zero-order valence-electron chi connectivity index (χ0n) is 9.50. The van der Waals surface area contributed by atoms with Crippen LogP contribution in [0.3, 0.4) is 0 Å². The second-order valence-electron chi connectivity index (χ2n) is 3.79. The van der Waals surface area contributed by atoms with Gasteiger partial charge in [-0.2, -0.15) is 10.2 Å². The van der Waals surface area contributed by atoms with Crippen LogP contribution in [0.15, 0.2) is 24.7 Å². The molecule has 0 spiro atoms. The smallest absolute Gasteiger partial charge is 0.244 e. The summed E-state index contributed by atoms with van der Waals surface area (Å²) < 4.78 is 1.52. The standard InChI is InChI=1S/C10H14N6O/c1-15(6-8-4-12-13-5-8)10(17)7-16-3-2-9(11)14-16/h2-5H,6-7H2,1H3,(H2,11,14)(H,12,13). The maximum Gasteiger partial charge on any atom is 0.244 e. The van der Waals surface area contributed by atoms with E-state index in [0.717, 1.165) is 5.56 Å². The Kier molecular flexibility index (Phi) is 3.08. The molecule has 7 heteroatoms. The van der Waals surface area contributed by atoms with Gasteiger partial charge in [-0.05, 0) is 6.07 Å². The molecule has 0 atom stereocenters. The van der Waals surface area contributed by atoms with Gasteiger partial charge in [-0.1, -0.05) is 0 Å². The molecule has 0 aliphatic heterocycles. The van der Waals surface area contributed by atoms with Gasteiger partial charge in [0.05, 0.1) is 6.20 Å². The van der Waals surface area contributed by atoms with Crippen molar-refractivity contribution in [1.29, 1.82) is 0 Å². The Balaban J connectivity index is 1.91. The number of aromatic amines is 1. The van der Waals surface area contributed by atoms with E-state index in [1.54, 1.807) is 36.6 Å². The number of nitrogens with one attached hydrogen (secondary N) is 1. The highest BCUT2D eigenvalue weighted by Crippen LogP contribution is 2.02. The lowest BCUT2D eigenvalue weighted by molar-refractivity contribution is -0.131. The van der Waals surface area contributed by atoms with E-state index >= 15 is 0 Å². The summed E-state index contributed by atoms with van der Waals surface area (Å²) in [6.07, 6.45) is 5.13. The molecule has 0 aromatic carbocycles. The van der Waals surface area contributed by atoms with Crippen LogP contribution in [0.2, 0.25) is 0 Å². The fourth-order valence-electron chi connectivity index (χ4n) is 1.45. The average Bonchev–Trinajstić information content (AvgIpc) is 2.90. The number of aromatic nitrogens is 4. The lowest BCUT2D eigenvalue weighted by Gasteiger charge is -2.15. The van der Waals surface area contributed by atoms with Crippen molar-refractivity contribution in [1.82, 2.24) is 24.9 Å². The van der Waals surface area contributed by atoms with Gasteiger partial charge in [-0.25, -0.2) is 0 Å². The van der Waals surface area contributed by atoms with Crippen molar-refractivity contribution < 1.29 is 4.79 Å². The van der Waals surface area contributed by atoms with Gasteiger partial charge >= 0.3 is 0 Å². The molecule has 2 rings (SSSR count). The summed E-state index contributed by atoms with van der Waals surface area (Å²) in [6, 6.07) is 1.66. The van der Waals surface area contributed by atoms with Gasteiger partial charge in [0.2, 0.25) is 5.91 Å². The fourth-order valence-corrected chi connectivity index (χ4v) is 1.45. The number of hydrogen-bond acceptors (Lipinski definition) is 4. The van der Waals surface area contributed by atoms with Crippen LogP contribution in [0.5, 0.6) is 0 Å². The molecule has 90 valence electrons. The van der Waals surface area contributed by atoms with E-state index < -0.39 is 0 Å². The number of anilines is 1. The summed E-state index contributed by atoms with van der Waals surface area (Å²) >= 11 is 0. The Morgan fingerprint density at radius 1 is 1.65 bits per heavy atom. The lowest BCUT2D eigenvalue weighted by atomic mass is 10.3. The minimum absolute atomic E-state index is 0.0331. The number of nitrogen functional groups attached to an aromatic ring is 1. The summed E-state index contributed by atoms with van der Waals surface area (Å²) in [7, 11) is 1.74. The van der Waals surface area contributed by atoms with E-state index in [1.807, 2.05) is 0 Å². The Morgan fingerprint density at radius 3 is 3.06 bits per heavy atom. The van der Waals surface area contributed by atoms with Crippen LogP contribution in [0, 0.1) is 0 Å². The van der Waals surface area contributed by atoms with Crippen LogP contribution in [-0.4, -0.2) is 37.8 Å². The van der Waals surface area contributed by atoms with Gasteiger partial charge in [0.1, 0.15) is 12.4 Å². The monoisotopic (exact) mass is 234 g/mol. The highest BCUT2D eigenvalue weighted by molar-refractivity contribution is 5.75. The van der Waals surface area contributed by atoms with Crippen LogP contribution >= 0.6 is 0 Å². The topological polar surface area (TPSA) is 92.8 Å². The second-order valence-corrected chi connectivity index (χ2v) is 3.79. The summed E-state index contributed by atoms with van der Waals surface area (Å²) in [4.78, 5) is 13.5. The van der Waals surface area contributed by atoms with E-state index in [9.17, 15) is 4.79 Å². The zero-order valence-corrected chi connectivity index (χ0v) is 9.50. The van der Waals surface area contributed by atoms with Crippen molar-refractivity contribution in [2.24, 2.45) is 0 Å². The van der Waals surface area contributed by atoms with Gasteiger partial charge in [-0.15, -0.1) is 0 Å². The van der Waals surface area contributed by atoms with Crippen LogP contribution in [-0.2, 0) is 17.9 Å². The second kappa shape index (κ2) is 4.69. The minimum atomic E-state index is -0.0331. The predicted octanol–water partition coefficient (Wildman–Crippen LogP) is -0.153. The molecule has 3 N–H and O–H groups in total. The molecule has 0 fully saturated rings. The molecule has 2 aromatic rings. The summed E-state index contributed by atoms with van der Waals surface area (Å²) in [5.74, 6) is 0.379. The number of amides is 1. The molecular weight excluding hydrogens is 220 g/mol. The Labute approximate surface area is 98.2 Å². The Bertz CT molecular complexity index is 489. The molecule has 17 heavy (non-hydrogen) atoms. The number of hydrogen-bond donors (Lipinski definition) is 2. The molecule has 2 aromatic heterocycles. The number of rotatable bonds is 4. The first-order chi connectivity index (χ1) is 8.15. The highest BCUT2D eigenvalue weighted by atomic mass is 16.2. The molecule has 0 aliphatic carbocycles. The molecule has 0 saturated carbocycles. The first-order valence-corrected chi connectivity index (χ1v) is 5.15. The van der Waals surface area contributed by atoms with E-state index in [-0.39, 0.29) is 12.5 Å². The van der Waals surface area contributed by atoms with Crippen molar-refractivity contribution in [2.75, 3.05) is 12.8 Å². The van der Waals surface area contributed by atoms with Crippen LogP contribution < -0.4 is 5.73 Å². The quantitative estimate of drug-likeness (QED) is 0.769. The molecule has 0 radical (unpaired) electrons. The number of H-pyrrole nitrogens is 1. The van der Waals surface area contributed by atoms with Crippen LogP contribution in [0.25, 0.3) is 0 Å². The SMILES string of the molecule is CN(Cc1cn[nH]c1)C(=O)Cn1ccc(N)n1. The molecule has 0 saturated heterocycles. The number of carbonyl (C=O) groups excluding carboxylic acids is 1. The third-order valence-corrected chi connectivity index (χ3v) is 2.36. The van der Waals surface area contributed by atoms with Crippen molar-refractivity contribution >= 4 is 11.7 Å². The summed E-state index contributed by atoms with van der Waals surface area (Å²) in [6.45, 7) is 0.706. The fraction of sp³-hybridized carbons (Fsp3) is 0.300. The van der Waals surface area contributed by atoms with Gasteiger partial charge in [0.15, 0.2) is 0 Å². The largest absolute Gasteiger partial charge is 0.382 e. The van der Waals surface area contributed by atoms with E-state index in [0.29, 0.717) is 12.4 Å². The molecule has 0 aliphatic rings. The normalized spacial score (nSPS) is 10.4. The number of carbonyl (C=O) groups is 1. The van der Waals surface area contributed by atoms with Gasteiger partial charge < -0.3 is 10.6 Å². The molecule has 0 bridgehead atoms. The van der Waals surface area contributed by atoms with E-state index in [2.05, 4.69) is 15.3 Å². The minimum Gasteiger partial charge on any atom is -0.382 e. The van der Waals surface area contributed by atoms with E-state index in [1.165, 1.54) is 4.68 Å². The third-order valence-electron chi connectivity index (χ3n) is 2.36. The summed E-state index contributed by atoms with van der Waals surface area (Å²) in [5, 5.41) is 10.5. The predicted molar refractivity (Wildman–Crippen MR) is 61.7 cm³/mol. The first kappa shape index (κ1) is 11.2. The molecule has 1 amide bonds. The molecule has 2 heterocycles. The average molecular weight is 234 g/mol. The maximum absolute atomic E-state index is 11.8. The maximum atomic E-state index is 11.8. The van der Waals surface area contributed by atoms with Gasteiger partial charge in [-0.3, -0.25) is 14.6 Å². The van der Waals surface area contributed by atoms with E-state index in [4.69, 9.17) is 5.73 Å². The Morgan fingerprint density at radius 2 is 2.47 bits per heavy atom. The lowest BCUT2D eigenvalue weighted by Crippen LogP contribution is -2.29. The van der Waals surface area contributed by atoms with Crippen LogP contribution in [0.1, 0.15) is 5.56 Å². The molecular formula is C10H14N6O. The number of nitrogens with two attached hydrogens (primary N) is 1. The van der Waals surface area contributed by atoms with Crippen LogP contribution in [0.4, 0.5) is 5.82 Å². The van der Waals surface area contributed by atoms with Crippen molar-refractivity contribution in [3.8, 4) is 0 Å². The van der Waals surface area contributed by atoms with Crippen molar-refractivity contribution in [3.63, 3.8) is 0 Å². The summed E-state index contributed by atoms with van der Waals surface area (Å²) in [5.41, 5.74) is 6.43. The number of nitrogens with zero attached hydrogens (tertiary/aromatic N) is 4. The molecule has 7 nitrogen and oxygen atoms in total.